The average molecular weight is 380 g/mol. The van der Waals surface area contributed by atoms with Gasteiger partial charge < -0.3 is 19.9 Å². The molecule has 1 heterocycles. The Morgan fingerprint density at radius 3 is 2.85 bits per heavy atom. The molecule has 0 spiro atoms. The SMILES string of the molecule is CCNC(=NCc1nc(C(C)OCC)no1)NC(C)c1cccc(Cl)c1. The van der Waals surface area contributed by atoms with Gasteiger partial charge in [0.2, 0.25) is 5.89 Å². The maximum absolute atomic E-state index is 6.07. The fourth-order valence-corrected chi connectivity index (χ4v) is 2.55. The van der Waals surface area contributed by atoms with Crippen molar-refractivity contribution >= 4 is 17.6 Å². The molecule has 1 aromatic carbocycles. The zero-order chi connectivity index (χ0) is 18.9. The van der Waals surface area contributed by atoms with Crippen LogP contribution in [-0.4, -0.2) is 29.3 Å². The second-order valence-electron chi connectivity index (χ2n) is 5.76. The molecule has 26 heavy (non-hydrogen) atoms. The summed E-state index contributed by atoms with van der Waals surface area (Å²) in [6.45, 7) is 9.49. The van der Waals surface area contributed by atoms with Crippen LogP contribution in [0.4, 0.5) is 0 Å². The Morgan fingerprint density at radius 2 is 2.15 bits per heavy atom. The number of nitrogens with zero attached hydrogens (tertiary/aromatic N) is 3. The van der Waals surface area contributed by atoms with Crippen molar-refractivity contribution in [3.8, 4) is 0 Å². The normalized spacial score (nSPS) is 14.1. The molecule has 0 saturated heterocycles. The molecule has 0 aliphatic heterocycles. The van der Waals surface area contributed by atoms with Crippen LogP contribution in [-0.2, 0) is 11.3 Å². The number of rotatable bonds is 8. The van der Waals surface area contributed by atoms with Crippen molar-refractivity contribution in [1.82, 2.24) is 20.8 Å². The van der Waals surface area contributed by atoms with Crippen LogP contribution in [0.25, 0.3) is 0 Å². The lowest BCUT2D eigenvalue weighted by Crippen LogP contribution is -2.38. The van der Waals surface area contributed by atoms with Crippen LogP contribution in [0.15, 0.2) is 33.8 Å². The summed E-state index contributed by atoms with van der Waals surface area (Å²) in [6, 6.07) is 7.78. The Balaban J connectivity index is 2.02. The summed E-state index contributed by atoms with van der Waals surface area (Å²) in [5, 5.41) is 11.2. The van der Waals surface area contributed by atoms with Crippen molar-refractivity contribution in [2.24, 2.45) is 4.99 Å². The molecule has 1 aromatic heterocycles. The fraction of sp³-hybridized carbons (Fsp3) is 0.500. The van der Waals surface area contributed by atoms with Gasteiger partial charge in [-0.15, -0.1) is 0 Å². The molecule has 2 atom stereocenters. The first-order valence-corrected chi connectivity index (χ1v) is 9.15. The Kier molecular flexibility index (Phi) is 7.87. The van der Waals surface area contributed by atoms with Crippen molar-refractivity contribution in [2.45, 2.75) is 46.4 Å². The zero-order valence-electron chi connectivity index (χ0n) is 15.6. The van der Waals surface area contributed by atoms with E-state index in [2.05, 4.69) is 25.8 Å². The third kappa shape index (κ3) is 6.00. The number of benzene rings is 1. The van der Waals surface area contributed by atoms with E-state index in [4.69, 9.17) is 20.9 Å². The van der Waals surface area contributed by atoms with E-state index >= 15 is 0 Å². The Morgan fingerprint density at radius 1 is 1.35 bits per heavy atom. The highest BCUT2D eigenvalue weighted by molar-refractivity contribution is 6.30. The molecule has 0 fully saturated rings. The number of ether oxygens (including phenoxy) is 1. The molecule has 0 radical (unpaired) electrons. The highest BCUT2D eigenvalue weighted by atomic mass is 35.5. The summed E-state index contributed by atoms with van der Waals surface area (Å²) in [6.07, 6.45) is -0.198. The molecule has 0 bridgehead atoms. The number of aromatic nitrogens is 2. The number of hydrogen-bond donors (Lipinski definition) is 2. The van der Waals surface area contributed by atoms with Gasteiger partial charge in [-0.2, -0.15) is 4.98 Å². The molecule has 0 aliphatic rings. The van der Waals surface area contributed by atoms with Crippen LogP contribution in [0.2, 0.25) is 5.02 Å². The average Bonchev–Trinajstić information content (AvgIpc) is 3.09. The van der Waals surface area contributed by atoms with Gasteiger partial charge in [-0.25, -0.2) is 4.99 Å². The summed E-state index contributed by atoms with van der Waals surface area (Å²) < 4.78 is 10.7. The number of hydrogen-bond acceptors (Lipinski definition) is 5. The molecule has 0 aliphatic carbocycles. The first-order valence-electron chi connectivity index (χ1n) is 8.77. The van der Waals surface area contributed by atoms with E-state index in [9.17, 15) is 0 Å². The van der Waals surface area contributed by atoms with Crippen molar-refractivity contribution < 1.29 is 9.26 Å². The number of aliphatic imine (C=N–C) groups is 1. The second-order valence-corrected chi connectivity index (χ2v) is 6.20. The standard InChI is InChI=1S/C18H26ClN5O2/c1-5-20-18(22-12(3)14-8-7-9-15(19)10-14)21-11-16-23-17(24-26-16)13(4)25-6-2/h7-10,12-13H,5-6,11H2,1-4H3,(H2,20,21,22). The zero-order valence-corrected chi connectivity index (χ0v) is 16.4. The summed E-state index contributed by atoms with van der Waals surface area (Å²) >= 11 is 6.07. The van der Waals surface area contributed by atoms with E-state index < -0.39 is 0 Å². The molecule has 2 N–H and O–H groups in total. The van der Waals surface area contributed by atoms with E-state index in [0.717, 1.165) is 12.1 Å². The van der Waals surface area contributed by atoms with Crippen LogP contribution < -0.4 is 10.6 Å². The summed E-state index contributed by atoms with van der Waals surface area (Å²) in [5.74, 6) is 1.64. The van der Waals surface area contributed by atoms with Crippen molar-refractivity contribution in [3.05, 3.63) is 46.6 Å². The Bertz CT molecular complexity index is 719. The van der Waals surface area contributed by atoms with Gasteiger partial charge in [0.1, 0.15) is 12.6 Å². The number of nitrogens with one attached hydrogen (secondary N) is 2. The monoisotopic (exact) mass is 379 g/mol. The lowest BCUT2D eigenvalue weighted by Gasteiger charge is -2.18. The predicted octanol–water partition coefficient (Wildman–Crippen LogP) is 3.64. The summed E-state index contributed by atoms with van der Waals surface area (Å²) in [5.41, 5.74) is 1.08. The van der Waals surface area contributed by atoms with Gasteiger partial charge in [0, 0.05) is 18.2 Å². The van der Waals surface area contributed by atoms with Gasteiger partial charge in [-0.1, -0.05) is 28.9 Å². The Hall–Kier alpha value is -2.12. The van der Waals surface area contributed by atoms with Crippen LogP contribution in [0, 0.1) is 0 Å². The quantitative estimate of drug-likeness (QED) is 0.538. The minimum atomic E-state index is -0.198. The van der Waals surface area contributed by atoms with Crippen molar-refractivity contribution in [2.75, 3.05) is 13.2 Å². The van der Waals surface area contributed by atoms with Crippen LogP contribution in [0.3, 0.4) is 0 Å². The van der Waals surface area contributed by atoms with E-state index in [-0.39, 0.29) is 18.7 Å². The predicted molar refractivity (Wildman–Crippen MR) is 102 cm³/mol. The largest absolute Gasteiger partial charge is 0.371 e. The molecule has 2 unspecified atom stereocenters. The minimum Gasteiger partial charge on any atom is -0.371 e. The molecule has 8 heteroatoms. The van der Waals surface area contributed by atoms with Crippen LogP contribution in [0.5, 0.6) is 0 Å². The molecule has 2 rings (SSSR count). The topological polar surface area (TPSA) is 84.6 Å². The first-order chi connectivity index (χ1) is 12.5. The summed E-state index contributed by atoms with van der Waals surface area (Å²) in [7, 11) is 0. The number of guanidine groups is 1. The highest BCUT2D eigenvalue weighted by Gasteiger charge is 2.14. The van der Waals surface area contributed by atoms with E-state index in [0.29, 0.717) is 29.3 Å². The first kappa shape index (κ1) is 20.2. The molecular weight excluding hydrogens is 354 g/mol. The second kappa shape index (κ2) is 10.1. The van der Waals surface area contributed by atoms with E-state index in [1.807, 2.05) is 52.0 Å². The van der Waals surface area contributed by atoms with E-state index in [1.165, 1.54) is 0 Å². The number of halogens is 1. The fourth-order valence-electron chi connectivity index (χ4n) is 2.35. The van der Waals surface area contributed by atoms with Crippen molar-refractivity contribution in [1.29, 1.82) is 0 Å². The van der Waals surface area contributed by atoms with Gasteiger partial charge in [-0.3, -0.25) is 0 Å². The maximum Gasteiger partial charge on any atom is 0.248 e. The molecule has 7 nitrogen and oxygen atoms in total. The Labute approximate surface area is 159 Å². The molecule has 2 aromatic rings. The molecule has 0 amide bonds. The van der Waals surface area contributed by atoms with Gasteiger partial charge in [0.05, 0.1) is 6.04 Å². The summed E-state index contributed by atoms with van der Waals surface area (Å²) in [4.78, 5) is 8.84. The van der Waals surface area contributed by atoms with Gasteiger partial charge in [0.15, 0.2) is 11.8 Å². The lowest BCUT2D eigenvalue weighted by molar-refractivity contribution is 0.0683. The van der Waals surface area contributed by atoms with Crippen LogP contribution in [0.1, 0.15) is 57.1 Å². The van der Waals surface area contributed by atoms with Crippen LogP contribution >= 0.6 is 11.6 Å². The lowest BCUT2D eigenvalue weighted by atomic mass is 10.1. The van der Waals surface area contributed by atoms with E-state index in [1.54, 1.807) is 0 Å². The third-order valence-corrected chi connectivity index (χ3v) is 3.92. The molecule has 0 saturated carbocycles. The van der Waals surface area contributed by atoms with Crippen molar-refractivity contribution in [3.63, 3.8) is 0 Å². The molecule has 142 valence electrons. The van der Waals surface area contributed by atoms with Gasteiger partial charge >= 0.3 is 0 Å². The van der Waals surface area contributed by atoms with Gasteiger partial charge in [-0.05, 0) is 45.4 Å². The van der Waals surface area contributed by atoms with Gasteiger partial charge in [0.25, 0.3) is 0 Å². The smallest absolute Gasteiger partial charge is 0.248 e. The maximum atomic E-state index is 6.07. The third-order valence-electron chi connectivity index (χ3n) is 3.68. The molecular formula is C18H26ClN5O2. The minimum absolute atomic E-state index is 0.0442. The highest BCUT2D eigenvalue weighted by Crippen LogP contribution is 2.17.